The SMILES string of the molecule is CC(C)[C@@H]1NC(=O)CN(C(=O)c2cccnc2)CCNC(=O)c2coc(n2)[C@H](Cc2ccccc2)NC(=O)c2csc1n2. The monoisotopic (exact) mass is 601 g/mol. The number of pyridine rings is 1. The van der Waals surface area contributed by atoms with Crippen molar-refractivity contribution in [2.45, 2.75) is 32.4 Å². The average molecular weight is 602 g/mol. The molecule has 1 aliphatic rings. The Labute approximate surface area is 251 Å². The Hall–Kier alpha value is -4.91. The van der Waals surface area contributed by atoms with Crippen LogP contribution in [0.2, 0.25) is 0 Å². The minimum atomic E-state index is -0.686. The maximum atomic E-state index is 13.4. The first-order valence-electron chi connectivity index (χ1n) is 13.8. The first kappa shape index (κ1) is 29.6. The van der Waals surface area contributed by atoms with E-state index >= 15 is 0 Å². The van der Waals surface area contributed by atoms with Gasteiger partial charge in [-0.1, -0.05) is 44.2 Å². The number of aromatic nitrogens is 3. The average Bonchev–Trinajstić information content (AvgIpc) is 3.70. The lowest BCUT2D eigenvalue weighted by molar-refractivity contribution is -0.122. The van der Waals surface area contributed by atoms with Gasteiger partial charge in [-0.25, -0.2) is 9.97 Å². The lowest BCUT2D eigenvalue weighted by Crippen LogP contribution is -2.45. The van der Waals surface area contributed by atoms with Crippen molar-refractivity contribution in [1.29, 1.82) is 0 Å². The smallest absolute Gasteiger partial charge is 0.273 e. The molecule has 3 aromatic heterocycles. The van der Waals surface area contributed by atoms with E-state index in [1.807, 2.05) is 44.2 Å². The molecule has 13 heteroatoms. The van der Waals surface area contributed by atoms with Crippen LogP contribution in [0.4, 0.5) is 0 Å². The molecule has 0 aliphatic carbocycles. The molecule has 1 aliphatic heterocycles. The summed E-state index contributed by atoms with van der Waals surface area (Å²) < 4.78 is 5.67. The predicted octanol–water partition coefficient (Wildman–Crippen LogP) is 2.94. The molecule has 0 saturated carbocycles. The van der Waals surface area contributed by atoms with Gasteiger partial charge in [0.2, 0.25) is 11.8 Å². The summed E-state index contributed by atoms with van der Waals surface area (Å²) in [5.74, 6) is -1.68. The van der Waals surface area contributed by atoms with Crippen molar-refractivity contribution in [2.24, 2.45) is 5.92 Å². The van der Waals surface area contributed by atoms with Gasteiger partial charge in [-0.05, 0) is 23.6 Å². The van der Waals surface area contributed by atoms with Crippen molar-refractivity contribution in [2.75, 3.05) is 19.6 Å². The van der Waals surface area contributed by atoms with Crippen LogP contribution < -0.4 is 16.0 Å². The maximum absolute atomic E-state index is 13.4. The molecule has 0 radical (unpaired) electrons. The molecular formula is C30H31N7O5S. The number of oxazole rings is 1. The summed E-state index contributed by atoms with van der Waals surface area (Å²) >= 11 is 1.26. The van der Waals surface area contributed by atoms with Crippen molar-refractivity contribution in [3.63, 3.8) is 0 Å². The van der Waals surface area contributed by atoms with E-state index in [9.17, 15) is 19.2 Å². The summed E-state index contributed by atoms with van der Waals surface area (Å²) in [5, 5.41) is 10.8. The van der Waals surface area contributed by atoms with Crippen molar-refractivity contribution < 1.29 is 23.6 Å². The standard InChI is InChI=1S/C30H31N7O5S/c1-18(2)25-29-35-23(17-43-29)27(40)33-21(13-19-7-4-3-5-8-19)28-34-22(16-42-28)26(39)32-11-12-37(15-24(38)36-25)30(41)20-9-6-10-31-14-20/h3-10,14,16-18,21,25H,11-13,15H2,1-2H3,(H,32,39)(H,33,40)(H,36,38)/t21-,25-/m0/s1. The van der Waals surface area contributed by atoms with Gasteiger partial charge in [0.1, 0.15) is 23.0 Å². The molecule has 5 rings (SSSR count). The van der Waals surface area contributed by atoms with Gasteiger partial charge in [0.15, 0.2) is 5.69 Å². The van der Waals surface area contributed by atoms with E-state index in [1.54, 1.807) is 23.7 Å². The van der Waals surface area contributed by atoms with Crippen LogP contribution in [-0.4, -0.2) is 63.1 Å². The predicted molar refractivity (Wildman–Crippen MR) is 157 cm³/mol. The van der Waals surface area contributed by atoms with Crippen LogP contribution in [0.3, 0.4) is 0 Å². The minimum Gasteiger partial charge on any atom is -0.446 e. The zero-order valence-corrected chi connectivity index (χ0v) is 24.5. The van der Waals surface area contributed by atoms with Gasteiger partial charge in [0, 0.05) is 37.3 Å². The normalized spacial score (nSPS) is 18.3. The number of carbonyl (C=O) groups excluding carboxylic acids is 4. The van der Waals surface area contributed by atoms with E-state index in [0.29, 0.717) is 17.0 Å². The second kappa shape index (κ2) is 13.4. The summed E-state index contributed by atoms with van der Waals surface area (Å²) in [4.78, 5) is 67.1. The Morgan fingerprint density at radius 2 is 1.86 bits per heavy atom. The van der Waals surface area contributed by atoms with Gasteiger partial charge in [-0.3, -0.25) is 24.2 Å². The summed E-state index contributed by atoms with van der Waals surface area (Å²) in [5.41, 5.74) is 1.43. The fourth-order valence-electron chi connectivity index (χ4n) is 4.59. The van der Waals surface area contributed by atoms with Crippen molar-refractivity contribution in [1.82, 2.24) is 35.8 Å². The molecule has 222 valence electrons. The molecule has 12 nitrogen and oxygen atoms in total. The molecule has 4 heterocycles. The highest BCUT2D eigenvalue weighted by Crippen LogP contribution is 2.26. The summed E-state index contributed by atoms with van der Waals surface area (Å²) in [6.07, 6.45) is 4.56. The van der Waals surface area contributed by atoms with Crippen LogP contribution in [-0.2, 0) is 11.2 Å². The van der Waals surface area contributed by atoms with Crippen LogP contribution in [0.25, 0.3) is 0 Å². The zero-order valence-electron chi connectivity index (χ0n) is 23.6. The molecule has 4 amide bonds. The fourth-order valence-corrected chi connectivity index (χ4v) is 5.61. The molecule has 4 aromatic rings. The van der Waals surface area contributed by atoms with Gasteiger partial charge < -0.3 is 25.3 Å². The van der Waals surface area contributed by atoms with Gasteiger partial charge in [0.05, 0.1) is 18.2 Å². The number of hydrogen-bond acceptors (Lipinski definition) is 9. The van der Waals surface area contributed by atoms with Crippen molar-refractivity contribution >= 4 is 35.0 Å². The second-order valence-corrected chi connectivity index (χ2v) is 11.3. The molecule has 0 fully saturated rings. The highest BCUT2D eigenvalue weighted by Gasteiger charge is 2.28. The second-order valence-electron chi connectivity index (χ2n) is 10.4. The van der Waals surface area contributed by atoms with Crippen LogP contribution in [0.1, 0.15) is 73.7 Å². The topological polar surface area (TPSA) is 159 Å². The maximum Gasteiger partial charge on any atom is 0.273 e. The number of hydrogen-bond donors (Lipinski definition) is 3. The highest BCUT2D eigenvalue weighted by molar-refractivity contribution is 7.09. The zero-order chi connectivity index (χ0) is 30.3. The number of fused-ring (bicyclic) bond motifs is 4. The number of benzene rings is 1. The quantitative estimate of drug-likeness (QED) is 0.322. The molecular weight excluding hydrogens is 570 g/mol. The fraction of sp³-hybridized carbons (Fsp3) is 0.300. The summed E-state index contributed by atoms with van der Waals surface area (Å²) in [7, 11) is 0. The van der Waals surface area contributed by atoms with Crippen LogP contribution in [0, 0.1) is 5.92 Å². The Balaban J connectivity index is 1.47. The molecule has 0 saturated heterocycles. The van der Waals surface area contributed by atoms with Crippen molar-refractivity contribution in [3.8, 4) is 0 Å². The van der Waals surface area contributed by atoms with Crippen LogP contribution in [0.15, 0.2) is 70.9 Å². The molecule has 4 bridgehead atoms. The van der Waals surface area contributed by atoms with E-state index in [4.69, 9.17) is 4.42 Å². The molecule has 43 heavy (non-hydrogen) atoms. The van der Waals surface area contributed by atoms with Crippen LogP contribution in [0.5, 0.6) is 0 Å². The summed E-state index contributed by atoms with van der Waals surface area (Å²) in [6.45, 7) is 3.71. The molecule has 2 atom stereocenters. The molecule has 1 aromatic carbocycles. The van der Waals surface area contributed by atoms with E-state index < -0.39 is 35.7 Å². The lowest BCUT2D eigenvalue weighted by Gasteiger charge is -2.25. The molecule has 0 spiro atoms. The largest absolute Gasteiger partial charge is 0.446 e. The number of nitrogens with zero attached hydrogens (tertiary/aromatic N) is 4. The number of rotatable bonds is 4. The first-order valence-corrected chi connectivity index (χ1v) is 14.7. The summed E-state index contributed by atoms with van der Waals surface area (Å²) in [6, 6.07) is 11.6. The Kier molecular flexibility index (Phi) is 9.20. The third-order valence-corrected chi connectivity index (χ3v) is 7.77. The van der Waals surface area contributed by atoms with E-state index in [2.05, 4.69) is 30.9 Å². The highest BCUT2D eigenvalue weighted by atomic mass is 32.1. The number of carbonyl (C=O) groups is 4. The number of nitrogens with one attached hydrogen (secondary N) is 3. The molecule has 0 unspecified atom stereocenters. The van der Waals surface area contributed by atoms with Gasteiger partial charge >= 0.3 is 0 Å². The van der Waals surface area contributed by atoms with E-state index in [-0.39, 0.29) is 42.8 Å². The minimum absolute atomic E-state index is 0.0158. The number of thiazole rings is 1. The van der Waals surface area contributed by atoms with Crippen LogP contribution >= 0.6 is 11.3 Å². The van der Waals surface area contributed by atoms with Gasteiger partial charge in [-0.2, -0.15) is 0 Å². The third kappa shape index (κ3) is 7.30. The number of amides is 4. The Morgan fingerprint density at radius 3 is 2.60 bits per heavy atom. The van der Waals surface area contributed by atoms with Crippen molar-refractivity contribution in [3.05, 3.63) is 99.9 Å². The lowest BCUT2D eigenvalue weighted by atomic mass is 10.0. The van der Waals surface area contributed by atoms with Gasteiger partial charge in [-0.15, -0.1) is 11.3 Å². The van der Waals surface area contributed by atoms with Gasteiger partial charge in [0.25, 0.3) is 17.7 Å². The Bertz CT molecular complexity index is 1590. The third-order valence-electron chi connectivity index (χ3n) is 6.84. The first-order chi connectivity index (χ1) is 20.8. The van der Waals surface area contributed by atoms with E-state index in [0.717, 1.165) is 5.56 Å². The molecule has 3 N–H and O–H groups in total. The Morgan fingerprint density at radius 1 is 1.05 bits per heavy atom. The van der Waals surface area contributed by atoms with E-state index in [1.165, 1.54) is 28.7 Å².